The van der Waals surface area contributed by atoms with Crippen molar-refractivity contribution in [3.63, 3.8) is 0 Å². The summed E-state index contributed by atoms with van der Waals surface area (Å²) in [7, 11) is 0. The quantitative estimate of drug-likeness (QED) is 0.796. The third kappa shape index (κ3) is 6.11. The van der Waals surface area contributed by atoms with Gasteiger partial charge >= 0.3 is 6.09 Å². The van der Waals surface area contributed by atoms with E-state index < -0.39 is 11.7 Å². The number of piperidine rings is 1. The molecular weight excluding hydrogens is 386 g/mol. The van der Waals surface area contributed by atoms with Crippen LogP contribution in [0.2, 0.25) is 0 Å². The zero-order valence-electron chi connectivity index (χ0n) is 18.0. The van der Waals surface area contributed by atoms with Gasteiger partial charge in [-0.05, 0) is 64.3 Å². The van der Waals surface area contributed by atoms with E-state index in [-0.39, 0.29) is 24.5 Å². The van der Waals surface area contributed by atoms with Crippen LogP contribution in [0.1, 0.15) is 46.5 Å². The number of nitrogens with zero attached hydrogens (tertiary/aromatic N) is 2. The first kappa shape index (κ1) is 21.9. The highest BCUT2D eigenvalue weighted by atomic mass is 16.6. The maximum atomic E-state index is 12.4. The SMILES string of the molecule is CC(C)(C)OC(=O)NC1CCN(C(=O)COc2ccc(N3CCCC3=O)cc2)CC1. The molecule has 0 saturated carbocycles. The van der Waals surface area contributed by atoms with Crippen LogP contribution in [-0.2, 0) is 14.3 Å². The Morgan fingerprint density at radius 3 is 2.33 bits per heavy atom. The number of carbonyl (C=O) groups is 3. The molecule has 8 nitrogen and oxygen atoms in total. The molecule has 8 heteroatoms. The number of carbonyl (C=O) groups excluding carboxylic acids is 3. The summed E-state index contributed by atoms with van der Waals surface area (Å²) >= 11 is 0. The minimum atomic E-state index is -0.527. The number of rotatable bonds is 5. The largest absolute Gasteiger partial charge is 0.484 e. The molecule has 1 aromatic carbocycles. The van der Waals surface area contributed by atoms with Gasteiger partial charge in [0.05, 0.1) is 0 Å². The molecule has 0 aromatic heterocycles. The predicted molar refractivity (Wildman–Crippen MR) is 112 cm³/mol. The van der Waals surface area contributed by atoms with Crippen molar-refractivity contribution in [2.45, 2.75) is 58.1 Å². The van der Waals surface area contributed by atoms with E-state index >= 15 is 0 Å². The van der Waals surface area contributed by atoms with E-state index in [0.29, 0.717) is 38.1 Å². The summed E-state index contributed by atoms with van der Waals surface area (Å²) in [5.74, 6) is 0.660. The van der Waals surface area contributed by atoms with Gasteiger partial charge < -0.3 is 24.6 Å². The Morgan fingerprint density at radius 2 is 1.77 bits per heavy atom. The van der Waals surface area contributed by atoms with E-state index in [9.17, 15) is 14.4 Å². The van der Waals surface area contributed by atoms with Crippen LogP contribution in [-0.4, -0.2) is 60.7 Å². The number of hydrogen-bond acceptors (Lipinski definition) is 5. The monoisotopic (exact) mass is 417 g/mol. The molecule has 2 heterocycles. The topological polar surface area (TPSA) is 88.2 Å². The van der Waals surface area contributed by atoms with Crippen LogP contribution >= 0.6 is 0 Å². The van der Waals surface area contributed by atoms with Crippen molar-refractivity contribution in [1.29, 1.82) is 0 Å². The first-order chi connectivity index (χ1) is 14.2. The van der Waals surface area contributed by atoms with E-state index in [1.807, 2.05) is 32.9 Å². The second-order valence-corrected chi connectivity index (χ2v) is 8.73. The number of amides is 3. The van der Waals surface area contributed by atoms with Gasteiger partial charge in [-0.15, -0.1) is 0 Å². The van der Waals surface area contributed by atoms with Crippen molar-refractivity contribution in [2.75, 3.05) is 31.1 Å². The van der Waals surface area contributed by atoms with Crippen LogP contribution in [0.25, 0.3) is 0 Å². The van der Waals surface area contributed by atoms with E-state index in [1.54, 1.807) is 21.9 Å². The molecule has 30 heavy (non-hydrogen) atoms. The van der Waals surface area contributed by atoms with Gasteiger partial charge in [0, 0.05) is 37.8 Å². The average molecular weight is 418 g/mol. The fourth-order valence-corrected chi connectivity index (χ4v) is 3.63. The van der Waals surface area contributed by atoms with Crippen LogP contribution in [0, 0.1) is 0 Å². The van der Waals surface area contributed by atoms with Crippen LogP contribution in [0.3, 0.4) is 0 Å². The second-order valence-electron chi connectivity index (χ2n) is 8.73. The lowest BCUT2D eigenvalue weighted by Crippen LogP contribution is -2.48. The van der Waals surface area contributed by atoms with Gasteiger partial charge in [0.25, 0.3) is 5.91 Å². The van der Waals surface area contributed by atoms with Gasteiger partial charge in [-0.25, -0.2) is 4.79 Å². The molecule has 3 rings (SSSR count). The van der Waals surface area contributed by atoms with Gasteiger partial charge in [0.1, 0.15) is 11.4 Å². The number of likely N-dealkylation sites (tertiary alicyclic amines) is 1. The van der Waals surface area contributed by atoms with E-state index in [0.717, 1.165) is 18.7 Å². The maximum absolute atomic E-state index is 12.4. The minimum Gasteiger partial charge on any atom is -0.484 e. The first-order valence-corrected chi connectivity index (χ1v) is 10.5. The fraction of sp³-hybridized carbons (Fsp3) is 0.591. The average Bonchev–Trinajstić information content (AvgIpc) is 3.11. The summed E-state index contributed by atoms with van der Waals surface area (Å²) < 4.78 is 10.9. The highest BCUT2D eigenvalue weighted by Crippen LogP contribution is 2.24. The zero-order valence-corrected chi connectivity index (χ0v) is 18.0. The van der Waals surface area contributed by atoms with Gasteiger partial charge in [0.2, 0.25) is 5.91 Å². The molecule has 0 unspecified atom stereocenters. The highest BCUT2D eigenvalue weighted by Gasteiger charge is 2.26. The van der Waals surface area contributed by atoms with Gasteiger partial charge in [0.15, 0.2) is 6.61 Å². The van der Waals surface area contributed by atoms with Crippen LogP contribution in [0.5, 0.6) is 5.75 Å². The normalized spacial score (nSPS) is 17.8. The summed E-state index contributed by atoms with van der Waals surface area (Å²) in [6.07, 6.45) is 2.43. The first-order valence-electron chi connectivity index (χ1n) is 10.5. The number of ether oxygens (including phenoxy) is 2. The lowest BCUT2D eigenvalue weighted by atomic mass is 10.1. The van der Waals surface area contributed by atoms with E-state index in [4.69, 9.17) is 9.47 Å². The lowest BCUT2D eigenvalue weighted by Gasteiger charge is -2.32. The van der Waals surface area contributed by atoms with Crippen LogP contribution in [0.4, 0.5) is 10.5 Å². The van der Waals surface area contributed by atoms with Crippen molar-refractivity contribution in [3.05, 3.63) is 24.3 Å². The fourth-order valence-electron chi connectivity index (χ4n) is 3.63. The minimum absolute atomic E-state index is 0.00524. The number of anilines is 1. The number of alkyl carbamates (subject to hydrolysis) is 1. The second kappa shape index (κ2) is 9.36. The van der Waals surface area contributed by atoms with Crippen molar-refractivity contribution in [2.24, 2.45) is 0 Å². The smallest absolute Gasteiger partial charge is 0.407 e. The number of nitrogens with one attached hydrogen (secondary N) is 1. The molecule has 1 N–H and O–H groups in total. The molecular formula is C22H31N3O5. The maximum Gasteiger partial charge on any atom is 0.407 e. The molecule has 2 aliphatic heterocycles. The molecule has 3 amide bonds. The highest BCUT2D eigenvalue weighted by molar-refractivity contribution is 5.95. The van der Waals surface area contributed by atoms with Gasteiger partial charge in [-0.1, -0.05) is 0 Å². The van der Waals surface area contributed by atoms with Crippen molar-refractivity contribution in [1.82, 2.24) is 10.2 Å². The lowest BCUT2D eigenvalue weighted by molar-refractivity contribution is -0.134. The molecule has 1 aromatic rings. The standard InChI is InChI=1S/C22H31N3O5/c1-22(2,3)30-21(28)23-16-10-13-24(14-11-16)20(27)15-29-18-8-6-17(7-9-18)25-12-4-5-19(25)26/h6-9,16H,4-5,10-15H2,1-3H3,(H,23,28). The summed E-state index contributed by atoms with van der Waals surface area (Å²) in [5, 5.41) is 2.87. The molecule has 0 radical (unpaired) electrons. The van der Waals surface area contributed by atoms with E-state index in [2.05, 4.69) is 5.32 Å². The molecule has 0 bridgehead atoms. The van der Waals surface area contributed by atoms with Crippen LogP contribution < -0.4 is 15.0 Å². The van der Waals surface area contributed by atoms with Crippen molar-refractivity contribution >= 4 is 23.6 Å². The summed E-state index contributed by atoms with van der Waals surface area (Å²) in [6, 6.07) is 7.26. The van der Waals surface area contributed by atoms with Crippen LogP contribution in [0.15, 0.2) is 24.3 Å². The third-order valence-electron chi connectivity index (χ3n) is 5.15. The molecule has 0 spiro atoms. The summed E-state index contributed by atoms with van der Waals surface area (Å²) in [5.41, 5.74) is 0.330. The molecule has 2 fully saturated rings. The van der Waals surface area contributed by atoms with Gasteiger partial charge in [-0.3, -0.25) is 9.59 Å². The third-order valence-corrected chi connectivity index (χ3v) is 5.15. The molecule has 164 valence electrons. The Labute approximate surface area is 177 Å². The Bertz CT molecular complexity index is 764. The van der Waals surface area contributed by atoms with Crippen molar-refractivity contribution < 1.29 is 23.9 Å². The molecule has 0 aliphatic carbocycles. The van der Waals surface area contributed by atoms with E-state index in [1.165, 1.54) is 0 Å². The summed E-state index contributed by atoms with van der Waals surface area (Å²) in [6.45, 7) is 7.33. The Hall–Kier alpha value is -2.77. The zero-order chi connectivity index (χ0) is 21.7. The predicted octanol–water partition coefficient (Wildman–Crippen LogP) is 2.71. The molecule has 0 atom stereocenters. The molecule has 2 saturated heterocycles. The summed E-state index contributed by atoms with van der Waals surface area (Å²) in [4.78, 5) is 39.6. The number of benzene rings is 1. The Kier molecular flexibility index (Phi) is 6.84. The number of hydrogen-bond donors (Lipinski definition) is 1. The Morgan fingerprint density at radius 1 is 1.10 bits per heavy atom. The van der Waals surface area contributed by atoms with Gasteiger partial charge in [-0.2, -0.15) is 0 Å². The Balaban J connectivity index is 1.40. The van der Waals surface area contributed by atoms with Crippen molar-refractivity contribution in [3.8, 4) is 5.75 Å². The molecule has 2 aliphatic rings.